The zero-order chi connectivity index (χ0) is 11.9. The van der Waals surface area contributed by atoms with E-state index in [-0.39, 0.29) is 0 Å². The number of benzene rings is 1. The Hall–Kier alpha value is -1.68. The van der Waals surface area contributed by atoms with Crippen LogP contribution in [0.4, 0.5) is 0 Å². The summed E-state index contributed by atoms with van der Waals surface area (Å²) in [5.41, 5.74) is 2.65. The predicted octanol–water partition coefficient (Wildman–Crippen LogP) is 1.77. The van der Waals surface area contributed by atoms with E-state index in [0.29, 0.717) is 0 Å². The topological polar surface area (TPSA) is 42.7 Å². The third-order valence-electron chi connectivity index (χ3n) is 2.62. The highest BCUT2D eigenvalue weighted by atomic mass is 15.4. The number of aryl methyl sites for hydroxylation is 2. The second-order valence-electron chi connectivity index (χ2n) is 4.19. The van der Waals surface area contributed by atoms with Crippen LogP contribution in [-0.2, 0) is 13.1 Å². The van der Waals surface area contributed by atoms with Gasteiger partial charge in [-0.1, -0.05) is 35.0 Å². The van der Waals surface area contributed by atoms with Gasteiger partial charge in [0.1, 0.15) is 0 Å². The lowest BCUT2D eigenvalue weighted by molar-refractivity contribution is 0.530. The van der Waals surface area contributed by atoms with Crippen molar-refractivity contribution in [2.24, 2.45) is 0 Å². The van der Waals surface area contributed by atoms with Crippen LogP contribution in [0.2, 0.25) is 0 Å². The van der Waals surface area contributed by atoms with Gasteiger partial charge in [-0.05, 0) is 25.5 Å². The van der Waals surface area contributed by atoms with Crippen molar-refractivity contribution in [3.8, 4) is 0 Å². The highest BCUT2D eigenvalue weighted by molar-refractivity contribution is 5.21. The van der Waals surface area contributed by atoms with E-state index in [2.05, 4.69) is 46.8 Å². The molecule has 0 atom stereocenters. The smallest absolute Gasteiger partial charge is 0.0692 e. The lowest BCUT2D eigenvalue weighted by Crippen LogP contribution is -2.16. The van der Waals surface area contributed by atoms with Crippen LogP contribution in [0.15, 0.2) is 36.7 Å². The summed E-state index contributed by atoms with van der Waals surface area (Å²) in [6.45, 7) is 4.96. The van der Waals surface area contributed by atoms with Crippen LogP contribution in [0.1, 0.15) is 17.5 Å². The normalized spacial score (nSPS) is 10.6. The number of aromatic nitrogens is 3. The van der Waals surface area contributed by atoms with Crippen molar-refractivity contribution in [1.29, 1.82) is 0 Å². The van der Waals surface area contributed by atoms with E-state index in [1.807, 2.05) is 10.9 Å². The average Bonchev–Trinajstić information content (AvgIpc) is 2.82. The summed E-state index contributed by atoms with van der Waals surface area (Å²) >= 11 is 0. The summed E-state index contributed by atoms with van der Waals surface area (Å²) in [4.78, 5) is 0. The van der Waals surface area contributed by atoms with Gasteiger partial charge in [-0.25, -0.2) is 0 Å². The minimum absolute atomic E-state index is 0.917. The SMILES string of the molecule is Cc1cccc(CNCCCn2ccnn2)c1. The van der Waals surface area contributed by atoms with E-state index in [1.165, 1.54) is 11.1 Å². The monoisotopic (exact) mass is 230 g/mol. The van der Waals surface area contributed by atoms with Crippen LogP contribution >= 0.6 is 0 Å². The Balaban J connectivity index is 1.63. The Bertz CT molecular complexity index is 436. The molecule has 0 saturated carbocycles. The fourth-order valence-electron chi connectivity index (χ4n) is 1.77. The second-order valence-corrected chi connectivity index (χ2v) is 4.19. The molecule has 0 aliphatic rings. The molecule has 0 aliphatic carbocycles. The van der Waals surface area contributed by atoms with Gasteiger partial charge in [0.2, 0.25) is 0 Å². The van der Waals surface area contributed by atoms with Crippen LogP contribution < -0.4 is 5.32 Å². The third kappa shape index (κ3) is 4.00. The standard InChI is InChI=1S/C13H18N4/c1-12-4-2-5-13(10-12)11-14-6-3-8-17-9-7-15-16-17/h2,4-5,7,9-10,14H,3,6,8,11H2,1H3. The molecule has 1 aromatic heterocycles. The summed E-state index contributed by atoms with van der Waals surface area (Å²) in [6, 6.07) is 8.58. The molecule has 0 saturated heterocycles. The number of rotatable bonds is 6. The first-order chi connectivity index (χ1) is 8.34. The summed E-state index contributed by atoms with van der Waals surface area (Å²) < 4.78 is 1.86. The Morgan fingerprint density at radius 2 is 2.29 bits per heavy atom. The summed E-state index contributed by atoms with van der Waals surface area (Å²) in [5.74, 6) is 0. The van der Waals surface area contributed by atoms with E-state index < -0.39 is 0 Å². The Morgan fingerprint density at radius 3 is 3.06 bits per heavy atom. The molecule has 0 fully saturated rings. The molecule has 0 aliphatic heterocycles. The maximum absolute atomic E-state index is 3.92. The molecule has 0 bridgehead atoms. The van der Waals surface area contributed by atoms with Gasteiger partial charge in [-0.3, -0.25) is 4.68 Å². The van der Waals surface area contributed by atoms with E-state index in [9.17, 15) is 0 Å². The van der Waals surface area contributed by atoms with Gasteiger partial charge in [-0.2, -0.15) is 0 Å². The highest BCUT2D eigenvalue weighted by Gasteiger charge is 1.94. The van der Waals surface area contributed by atoms with Gasteiger partial charge in [0, 0.05) is 19.3 Å². The van der Waals surface area contributed by atoms with Crippen LogP contribution in [0.3, 0.4) is 0 Å². The van der Waals surface area contributed by atoms with Crippen molar-refractivity contribution >= 4 is 0 Å². The maximum Gasteiger partial charge on any atom is 0.0692 e. The number of nitrogens with zero attached hydrogens (tertiary/aromatic N) is 3. The first kappa shape index (κ1) is 11.8. The lowest BCUT2D eigenvalue weighted by Gasteiger charge is -2.05. The van der Waals surface area contributed by atoms with Crippen LogP contribution in [0.5, 0.6) is 0 Å². The average molecular weight is 230 g/mol. The zero-order valence-corrected chi connectivity index (χ0v) is 10.1. The Labute approximate surface area is 102 Å². The lowest BCUT2D eigenvalue weighted by atomic mass is 10.1. The van der Waals surface area contributed by atoms with Crippen molar-refractivity contribution in [2.75, 3.05) is 6.54 Å². The quantitative estimate of drug-likeness (QED) is 0.769. The molecular weight excluding hydrogens is 212 g/mol. The van der Waals surface area contributed by atoms with Crippen LogP contribution in [0.25, 0.3) is 0 Å². The van der Waals surface area contributed by atoms with Crippen molar-refractivity contribution < 1.29 is 0 Å². The van der Waals surface area contributed by atoms with Gasteiger partial charge >= 0.3 is 0 Å². The van der Waals surface area contributed by atoms with Gasteiger partial charge in [-0.15, -0.1) is 5.10 Å². The molecule has 0 spiro atoms. The minimum atomic E-state index is 0.917. The fourth-order valence-corrected chi connectivity index (χ4v) is 1.77. The number of nitrogens with one attached hydrogen (secondary N) is 1. The van der Waals surface area contributed by atoms with E-state index in [0.717, 1.165) is 26.1 Å². The van der Waals surface area contributed by atoms with Gasteiger partial charge in [0.15, 0.2) is 0 Å². The zero-order valence-electron chi connectivity index (χ0n) is 10.1. The molecule has 0 amide bonds. The van der Waals surface area contributed by atoms with Crippen molar-refractivity contribution in [3.63, 3.8) is 0 Å². The van der Waals surface area contributed by atoms with Crippen molar-refractivity contribution in [2.45, 2.75) is 26.4 Å². The van der Waals surface area contributed by atoms with E-state index >= 15 is 0 Å². The molecule has 0 unspecified atom stereocenters. The maximum atomic E-state index is 3.92. The van der Waals surface area contributed by atoms with Crippen LogP contribution in [0, 0.1) is 6.92 Å². The summed E-state index contributed by atoms with van der Waals surface area (Å²) in [7, 11) is 0. The molecule has 4 nitrogen and oxygen atoms in total. The summed E-state index contributed by atoms with van der Waals surface area (Å²) in [5, 5.41) is 11.1. The first-order valence-electron chi connectivity index (χ1n) is 5.95. The molecular formula is C13H18N4. The molecule has 2 aromatic rings. The summed E-state index contributed by atoms with van der Waals surface area (Å²) in [6.07, 6.45) is 4.66. The van der Waals surface area contributed by atoms with Gasteiger partial charge in [0.05, 0.1) is 6.20 Å². The van der Waals surface area contributed by atoms with Crippen molar-refractivity contribution in [1.82, 2.24) is 20.3 Å². The molecule has 0 radical (unpaired) electrons. The molecule has 1 heterocycles. The molecule has 1 N–H and O–H groups in total. The predicted molar refractivity (Wildman–Crippen MR) is 67.5 cm³/mol. The molecule has 4 heteroatoms. The Kier molecular flexibility index (Phi) is 4.27. The first-order valence-corrected chi connectivity index (χ1v) is 5.95. The van der Waals surface area contributed by atoms with Crippen molar-refractivity contribution in [3.05, 3.63) is 47.8 Å². The highest BCUT2D eigenvalue weighted by Crippen LogP contribution is 2.03. The molecule has 90 valence electrons. The minimum Gasteiger partial charge on any atom is -0.313 e. The molecule has 17 heavy (non-hydrogen) atoms. The van der Waals surface area contributed by atoms with Gasteiger partial charge in [0.25, 0.3) is 0 Å². The molecule has 1 aromatic carbocycles. The number of hydrogen-bond donors (Lipinski definition) is 1. The number of hydrogen-bond acceptors (Lipinski definition) is 3. The third-order valence-corrected chi connectivity index (χ3v) is 2.62. The molecule has 2 rings (SSSR count). The van der Waals surface area contributed by atoms with E-state index in [1.54, 1.807) is 6.20 Å². The van der Waals surface area contributed by atoms with Gasteiger partial charge < -0.3 is 5.32 Å². The second kappa shape index (κ2) is 6.15. The largest absolute Gasteiger partial charge is 0.313 e. The fraction of sp³-hybridized carbons (Fsp3) is 0.385. The van der Waals surface area contributed by atoms with Crippen LogP contribution in [-0.4, -0.2) is 21.5 Å². The van der Waals surface area contributed by atoms with E-state index in [4.69, 9.17) is 0 Å². The Morgan fingerprint density at radius 1 is 1.35 bits per heavy atom.